The van der Waals surface area contributed by atoms with Gasteiger partial charge in [-0.2, -0.15) is 0 Å². The van der Waals surface area contributed by atoms with E-state index in [1.807, 2.05) is 42.2 Å². The van der Waals surface area contributed by atoms with Crippen molar-refractivity contribution >= 4 is 17.5 Å². The number of carbonyl (C=O) groups is 3. The number of Topliss-reactive ketones (excluding diaryl/α,β-unsaturated/α-hetero) is 2. The fourth-order valence-electron chi connectivity index (χ4n) is 6.23. The van der Waals surface area contributed by atoms with Crippen LogP contribution in [0.15, 0.2) is 66.7 Å². The summed E-state index contributed by atoms with van der Waals surface area (Å²) in [5.74, 6) is -1.78. The van der Waals surface area contributed by atoms with Crippen LogP contribution >= 0.6 is 0 Å². The highest BCUT2D eigenvalue weighted by Gasteiger charge is 2.36. The van der Waals surface area contributed by atoms with Crippen LogP contribution < -0.4 is 0 Å². The minimum absolute atomic E-state index is 0.0681. The molecule has 0 unspecified atom stereocenters. The van der Waals surface area contributed by atoms with Gasteiger partial charge < -0.3 is 4.90 Å². The van der Waals surface area contributed by atoms with E-state index in [0.29, 0.717) is 42.1 Å². The van der Waals surface area contributed by atoms with Gasteiger partial charge in [-0.15, -0.1) is 0 Å². The standard InChI is InChI=1S/C35H39F2NO3/c1-4-8-26-14-31(35(41)38(22-26)21-25-9-6-5-7-10-25)15-27(13-28-16-32(36)20-33(37)17-28)18-34(40)30-12-23(2)11-29(19-30)24(3)39/h5-7,9-12,16-17,19-20,26-27,31H,4,8,13-15,18,21-22H2,1-3H3/t26-,27+,31+/m1/s1. The molecule has 3 aromatic rings. The summed E-state index contributed by atoms with van der Waals surface area (Å²) in [4.78, 5) is 41.3. The molecule has 4 nitrogen and oxygen atoms in total. The molecule has 3 aromatic carbocycles. The zero-order chi connectivity index (χ0) is 29.5. The van der Waals surface area contributed by atoms with Gasteiger partial charge in [-0.3, -0.25) is 14.4 Å². The molecular formula is C35H39F2NO3. The van der Waals surface area contributed by atoms with E-state index in [1.54, 1.807) is 18.2 Å². The number of halogens is 2. The Kier molecular flexibility index (Phi) is 10.2. The van der Waals surface area contributed by atoms with Gasteiger partial charge in [-0.25, -0.2) is 8.78 Å². The molecule has 1 fully saturated rings. The second-order valence-electron chi connectivity index (χ2n) is 11.6. The van der Waals surface area contributed by atoms with E-state index in [0.717, 1.165) is 36.5 Å². The number of piperidine rings is 1. The number of nitrogens with zero attached hydrogens (tertiary/aromatic N) is 1. The van der Waals surface area contributed by atoms with Crippen LogP contribution in [0.2, 0.25) is 0 Å². The summed E-state index contributed by atoms with van der Waals surface area (Å²) in [5.41, 5.74) is 3.25. The highest BCUT2D eigenvalue weighted by atomic mass is 19.1. The minimum Gasteiger partial charge on any atom is -0.338 e. The van der Waals surface area contributed by atoms with E-state index in [1.165, 1.54) is 19.1 Å². The smallest absolute Gasteiger partial charge is 0.226 e. The predicted octanol–water partition coefficient (Wildman–Crippen LogP) is 7.76. The molecule has 0 aromatic heterocycles. The van der Waals surface area contributed by atoms with Gasteiger partial charge in [0.15, 0.2) is 11.6 Å². The zero-order valence-electron chi connectivity index (χ0n) is 24.2. The Labute approximate surface area is 241 Å². The molecule has 1 aliphatic rings. The van der Waals surface area contributed by atoms with Crippen LogP contribution in [0.3, 0.4) is 0 Å². The number of ketones is 2. The van der Waals surface area contributed by atoms with E-state index >= 15 is 0 Å². The molecule has 1 amide bonds. The van der Waals surface area contributed by atoms with Gasteiger partial charge in [-0.05, 0) is 98.4 Å². The van der Waals surface area contributed by atoms with Crippen LogP contribution in [0.1, 0.15) is 83.4 Å². The summed E-state index contributed by atoms with van der Waals surface area (Å²) in [6.45, 7) is 6.68. The lowest BCUT2D eigenvalue weighted by atomic mass is 9.77. The molecule has 0 bridgehead atoms. The first-order valence-corrected chi connectivity index (χ1v) is 14.5. The number of carbonyl (C=O) groups excluding carboxylic acids is 3. The number of benzene rings is 3. The van der Waals surface area contributed by atoms with Crippen LogP contribution in [0.4, 0.5) is 8.78 Å². The third-order valence-electron chi connectivity index (χ3n) is 8.02. The van der Waals surface area contributed by atoms with Crippen molar-refractivity contribution in [2.75, 3.05) is 6.54 Å². The molecule has 1 aliphatic heterocycles. The number of aryl methyl sites for hydroxylation is 1. The minimum atomic E-state index is -0.666. The second-order valence-corrected chi connectivity index (χ2v) is 11.6. The summed E-state index contributed by atoms with van der Waals surface area (Å²) in [6.07, 6.45) is 3.58. The number of hydrogen-bond acceptors (Lipinski definition) is 3. The molecule has 0 aliphatic carbocycles. The molecule has 1 heterocycles. The molecule has 216 valence electrons. The van der Waals surface area contributed by atoms with Gasteiger partial charge in [0.1, 0.15) is 11.6 Å². The molecular weight excluding hydrogens is 520 g/mol. The van der Waals surface area contributed by atoms with Gasteiger partial charge in [0.2, 0.25) is 5.91 Å². The first-order valence-electron chi connectivity index (χ1n) is 14.5. The van der Waals surface area contributed by atoms with Crippen molar-refractivity contribution in [1.29, 1.82) is 0 Å². The van der Waals surface area contributed by atoms with Gasteiger partial charge in [0, 0.05) is 42.6 Å². The number of likely N-dealkylation sites (tertiary alicyclic amines) is 1. The first kappa shape index (κ1) is 30.3. The normalized spacial score (nSPS) is 17.9. The largest absolute Gasteiger partial charge is 0.338 e. The van der Waals surface area contributed by atoms with E-state index < -0.39 is 11.6 Å². The lowest BCUT2D eigenvalue weighted by molar-refractivity contribution is -0.142. The predicted molar refractivity (Wildman–Crippen MR) is 157 cm³/mol. The SMILES string of the molecule is CCC[C@@H]1C[C@@H](C[C@@H](CC(=O)c2cc(C)cc(C(C)=O)c2)Cc2cc(F)cc(F)c2)C(=O)N(Cc2ccccc2)C1. The molecule has 3 atom stereocenters. The zero-order valence-corrected chi connectivity index (χ0v) is 24.2. The Bertz CT molecular complexity index is 1370. The maximum absolute atomic E-state index is 14.1. The number of rotatable bonds is 12. The molecule has 4 rings (SSSR count). The number of hydrogen-bond donors (Lipinski definition) is 0. The molecule has 1 saturated heterocycles. The summed E-state index contributed by atoms with van der Waals surface area (Å²) in [7, 11) is 0. The molecule has 41 heavy (non-hydrogen) atoms. The van der Waals surface area contributed by atoms with Crippen molar-refractivity contribution in [2.45, 2.75) is 65.8 Å². The van der Waals surface area contributed by atoms with Crippen molar-refractivity contribution in [2.24, 2.45) is 17.8 Å². The van der Waals surface area contributed by atoms with Crippen molar-refractivity contribution in [3.8, 4) is 0 Å². The van der Waals surface area contributed by atoms with E-state index in [2.05, 4.69) is 6.92 Å². The highest BCUT2D eigenvalue weighted by molar-refractivity contribution is 6.01. The maximum atomic E-state index is 14.1. The van der Waals surface area contributed by atoms with Gasteiger partial charge >= 0.3 is 0 Å². The number of amides is 1. The van der Waals surface area contributed by atoms with E-state index in [4.69, 9.17) is 0 Å². The first-order chi connectivity index (χ1) is 19.6. The van der Waals surface area contributed by atoms with Crippen molar-refractivity contribution in [3.63, 3.8) is 0 Å². The average Bonchev–Trinajstić information content (AvgIpc) is 2.91. The maximum Gasteiger partial charge on any atom is 0.226 e. The molecule has 6 heteroatoms. The Morgan fingerprint density at radius 2 is 1.63 bits per heavy atom. The average molecular weight is 560 g/mol. The summed E-state index contributed by atoms with van der Waals surface area (Å²) < 4.78 is 28.2. The van der Waals surface area contributed by atoms with E-state index in [9.17, 15) is 23.2 Å². The quantitative estimate of drug-likeness (QED) is 0.213. The lowest BCUT2D eigenvalue weighted by Gasteiger charge is -2.38. The van der Waals surface area contributed by atoms with Crippen LogP contribution in [-0.4, -0.2) is 28.9 Å². The Morgan fingerprint density at radius 1 is 0.951 bits per heavy atom. The van der Waals surface area contributed by atoms with Crippen LogP contribution in [-0.2, 0) is 17.8 Å². The highest BCUT2D eigenvalue weighted by Crippen LogP contribution is 2.34. The fourth-order valence-corrected chi connectivity index (χ4v) is 6.23. The van der Waals surface area contributed by atoms with Crippen LogP contribution in [0, 0.1) is 36.3 Å². The summed E-state index contributed by atoms with van der Waals surface area (Å²) in [5, 5.41) is 0. The van der Waals surface area contributed by atoms with Crippen molar-refractivity contribution < 1.29 is 23.2 Å². The molecule has 0 saturated carbocycles. The van der Waals surface area contributed by atoms with Gasteiger partial charge in [-0.1, -0.05) is 43.7 Å². The van der Waals surface area contributed by atoms with Gasteiger partial charge in [0.05, 0.1) is 0 Å². The third kappa shape index (κ3) is 8.42. The van der Waals surface area contributed by atoms with E-state index in [-0.39, 0.29) is 42.2 Å². The topological polar surface area (TPSA) is 54.5 Å². The van der Waals surface area contributed by atoms with Crippen LogP contribution in [0.25, 0.3) is 0 Å². The molecule has 0 N–H and O–H groups in total. The Morgan fingerprint density at radius 3 is 2.29 bits per heavy atom. The fraction of sp³-hybridized carbons (Fsp3) is 0.400. The Hall–Kier alpha value is -3.67. The summed E-state index contributed by atoms with van der Waals surface area (Å²) in [6, 6.07) is 18.5. The molecule has 0 radical (unpaired) electrons. The Balaban J connectivity index is 1.60. The van der Waals surface area contributed by atoms with Crippen molar-refractivity contribution in [3.05, 3.63) is 106 Å². The van der Waals surface area contributed by atoms with Gasteiger partial charge in [0.25, 0.3) is 0 Å². The van der Waals surface area contributed by atoms with Crippen molar-refractivity contribution in [1.82, 2.24) is 4.90 Å². The molecule has 0 spiro atoms. The monoisotopic (exact) mass is 559 g/mol. The lowest BCUT2D eigenvalue weighted by Crippen LogP contribution is -2.45. The van der Waals surface area contributed by atoms with Crippen LogP contribution in [0.5, 0.6) is 0 Å². The summed E-state index contributed by atoms with van der Waals surface area (Å²) >= 11 is 0. The second kappa shape index (κ2) is 13.8. The third-order valence-corrected chi connectivity index (χ3v) is 8.02.